The van der Waals surface area contributed by atoms with Crippen molar-refractivity contribution in [3.05, 3.63) is 65.5 Å². The van der Waals surface area contributed by atoms with Gasteiger partial charge in [0.15, 0.2) is 11.8 Å². The number of hydrogen-bond acceptors (Lipinski definition) is 9. The molecule has 1 aliphatic heterocycles. The van der Waals surface area contributed by atoms with Crippen LogP contribution < -0.4 is 10.1 Å². The van der Waals surface area contributed by atoms with Crippen LogP contribution in [0.25, 0.3) is 16.7 Å². The second-order valence-corrected chi connectivity index (χ2v) is 8.47. The number of carbonyl (C=O) groups excluding carboxylic acids is 1. The summed E-state index contributed by atoms with van der Waals surface area (Å²) in [6.45, 7) is 0.942. The average Bonchev–Trinajstić information content (AvgIpc) is 3.28. The molecule has 3 aromatic heterocycles. The Bertz CT molecular complexity index is 1470. The van der Waals surface area contributed by atoms with Gasteiger partial charge >= 0.3 is 0 Å². The van der Waals surface area contributed by atoms with E-state index >= 15 is 0 Å². The maximum absolute atomic E-state index is 13.2. The van der Waals surface area contributed by atoms with Crippen molar-refractivity contribution in [1.82, 2.24) is 29.6 Å². The number of pyridine rings is 1. The van der Waals surface area contributed by atoms with Gasteiger partial charge in [0.05, 0.1) is 22.9 Å². The third-order valence-electron chi connectivity index (χ3n) is 5.50. The molecule has 0 bridgehead atoms. The normalized spacial score (nSPS) is 14.7. The number of aliphatic hydroxyl groups excluding tert-OH is 1. The van der Waals surface area contributed by atoms with E-state index in [1.165, 1.54) is 23.1 Å². The Morgan fingerprint density at radius 2 is 2.14 bits per heavy atom. The summed E-state index contributed by atoms with van der Waals surface area (Å²) in [7, 11) is 0. The van der Waals surface area contributed by atoms with E-state index < -0.39 is 23.9 Å². The lowest BCUT2D eigenvalue weighted by molar-refractivity contribution is -0.125. The fourth-order valence-electron chi connectivity index (χ4n) is 3.75. The predicted molar refractivity (Wildman–Crippen MR) is 126 cm³/mol. The van der Waals surface area contributed by atoms with Crippen LogP contribution in [-0.4, -0.2) is 72.5 Å². The fraction of sp³-hybridized carbons (Fsp3) is 0.217. The van der Waals surface area contributed by atoms with Crippen molar-refractivity contribution in [2.45, 2.75) is 12.2 Å². The van der Waals surface area contributed by atoms with E-state index in [9.17, 15) is 19.6 Å². The van der Waals surface area contributed by atoms with Crippen molar-refractivity contribution in [3.63, 3.8) is 0 Å². The summed E-state index contributed by atoms with van der Waals surface area (Å²) in [5.41, 5.74) is 0.950. The minimum Gasteiger partial charge on any atom is -0.462 e. The van der Waals surface area contributed by atoms with Gasteiger partial charge in [0.1, 0.15) is 35.1 Å². The lowest BCUT2D eigenvalue weighted by Crippen LogP contribution is -2.55. The highest BCUT2D eigenvalue weighted by Crippen LogP contribution is 2.28. The Morgan fingerprint density at radius 1 is 1.31 bits per heavy atom. The molecule has 182 valence electrons. The second kappa shape index (κ2) is 9.82. The monoisotopic (exact) mass is 508 g/mol. The molecule has 13 heteroatoms. The minimum absolute atomic E-state index is 0.0881. The van der Waals surface area contributed by atoms with Gasteiger partial charge in [-0.3, -0.25) is 9.69 Å². The Labute approximate surface area is 208 Å². The van der Waals surface area contributed by atoms with Crippen molar-refractivity contribution in [3.8, 4) is 17.6 Å². The van der Waals surface area contributed by atoms with Crippen LogP contribution in [0.4, 0.5) is 10.2 Å². The molecule has 0 radical (unpaired) electrons. The van der Waals surface area contributed by atoms with Crippen molar-refractivity contribution >= 4 is 34.4 Å². The number of aliphatic hydroxyl groups is 1. The Hall–Kier alpha value is -4.18. The Kier molecular flexibility index (Phi) is 6.43. The maximum Gasteiger partial charge on any atom is 0.268 e. The zero-order valence-corrected chi connectivity index (χ0v) is 19.3. The van der Waals surface area contributed by atoms with Gasteiger partial charge in [0.25, 0.3) is 5.91 Å². The minimum atomic E-state index is -1.05. The number of para-hydroxylation sites is 1. The molecule has 0 unspecified atom stereocenters. The van der Waals surface area contributed by atoms with E-state index in [0.29, 0.717) is 34.7 Å². The van der Waals surface area contributed by atoms with Gasteiger partial charge in [-0.05, 0) is 24.3 Å². The van der Waals surface area contributed by atoms with Gasteiger partial charge < -0.3 is 15.2 Å². The molecule has 1 aliphatic rings. The highest BCUT2D eigenvalue weighted by molar-refractivity contribution is 6.32. The van der Waals surface area contributed by atoms with Crippen LogP contribution in [0.3, 0.4) is 0 Å². The second-order valence-electron chi connectivity index (χ2n) is 8.07. The van der Waals surface area contributed by atoms with Crippen molar-refractivity contribution in [2.75, 3.05) is 25.0 Å². The number of β-amino-alcohol motifs (C(OH)–C–C–N with tert-alkyl or cyclic N) is 1. The number of ether oxygens (including phenoxy) is 1. The first-order chi connectivity index (χ1) is 17.4. The van der Waals surface area contributed by atoms with Gasteiger partial charge in [-0.2, -0.15) is 5.26 Å². The van der Waals surface area contributed by atoms with E-state index in [2.05, 4.69) is 31.4 Å². The molecular formula is C23H18ClFN8O3. The van der Waals surface area contributed by atoms with Crippen LogP contribution in [0.1, 0.15) is 5.56 Å². The molecule has 5 rings (SSSR count). The standard InChI is InChI=1S/C23H18ClFN8O3/c24-17-3-1-2-13(6-26)20(17)33-10-16-21(31-33)28-12-29-23(16)36-18(11-32-8-15(34)9-32)22(35)30-19-5-4-14(25)7-27-19/h1-5,7,10,12,15,18,34H,8-9,11H2,(H,27,30,35)/t18-/m0/s1. The number of amides is 1. The molecule has 1 fully saturated rings. The predicted octanol–water partition coefficient (Wildman–Crippen LogP) is 1.94. The number of aromatic nitrogens is 5. The molecule has 2 N–H and O–H groups in total. The number of hydrogen-bond donors (Lipinski definition) is 2. The number of halogens is 2. The lowest BCUT2D eigenvalue weighted by atomic mass is 10.1. The lowest BCUT2D eigenvalue weighted by Gasteiger charge is -2.37. The van der Waals surface area contributed by atoms with E-state index in [1.807, 2.05) is 4.90 Å². The first-order valence-electron chi connectivity index (χ1n) is 10.8. The topological polar surface area (TPSA) is 142 Å². The number of nitriles is 1. The van der Waals surface area contributed by atoms with Gasteiger partial charge in [-0.15, -0.1) is 5.10 Å². The number of nitrogens with one attached hydrogen (secondary N) is 1. The summed E-state index contributed by atoms with van der Waals surface area (Å²) in [4.78, 5) is 27.1. The first kappa shape index (κ1) is 23.6. The van der Waals surface area contributed by atoms with Crippen molar-refractivity contribution in [1.29, 1.82) is 5.26 Å². The van der Waals surface area contributed by atoms with Crippen molar-refractivity contribution in [2.24, 2.45) is 0 Å². The van der Waals surface area contributed by atoms with E-state index in [1.54, 1.807) is 24.4 Å². The summed E-state index contributed by atoms with van der Waals surface area (Å²) >= 11 is 6.33. The molecule has 0 spiro atoms. The summed E-state index contributed by atoms with van der Waals surface area (Å²) in [6.07, 6.45) is 2.28. The van der Waals surface area contributed by atoms with Gasteiger partial charge in [0, 0.05) is 25.8 Å². The van der Waals surface area contributed by atoms with Crippen LogP contribution in [0, 0.1) is 17.1 Å². The van der Waals surface area contributed by atoms with Crippen LogP contribution in [-0.2, 0) is 4.79 Å². The summed E-state index contributed by atoms with van der Waals surface area (Å²) < 4.78 is 20.6. The smallest absolute Gasteiger partial charge is 0.268 e. The van der Waals surface area contributed by atoms with Gasteiger partial charge in [0.2, 0.25) is 5.88 Å². The Morgan fingerprint density at radius 3 is 2.86 bits per heavy atom. The van der Waals surface area contributed by atoms with Gasteiger partial charge in [-0.1, -0.05) is 17.7 Å². The summed E-state index contributed by atoms with van der Waals surface area (Å²) in [5.74, 6) is -0.825. The maximum atomic E-state index is 13.2. The number of likely N-dealkylation sites (tertiary alicyclic amines) is 1. The zero-order chi connectivity index (χ0) is 25.2. The van der Waals surface area contributed by atoms with Gasteiger partial charge in [-0.25, -0.2) is 24.0 Å². The zero-order valence-electron chi connectivity index (χ0n) is 18.5. The van der Waals surface area contributed by atoms with Crippen LogP contribution in [0.2, 0.25) is 5.02 Å². The third kappa shape index (κ3) is 4.80. The van der Waals surface area contributed by atoms with E-state index in [4.69, 9.17) is 16.3 Å². The molecule has 4 heterocycles. The van der Waals surface area contributed by atoms with Crippen LogP contribution >= 0.6 is 11.6 Å². The number of benzene rings is 1. The number of anilines is 1. The molecule has 1 atom stereocenters. The Balaban J connectivity index is 1.46. The first-order valence-corrected chi connectivity index (χ1v) is 11.2. The number of rotatable bonds is 7. The third-order valence-corrected chi connectivity index (χ3v) is 5.81. The molecule has 0 saturated carbocycles. The largest absolute Gasteiger partial charge is 0.462 e. The molecule has 1 amide bonds. The molecule has 11 nitrogen and oxygen atoms in total. The number of nitrogens with zero attached hydrogens (tertiary/aromatic N) is 7. The summed E-state index contributed by atoms with van der Waals surface area (Å²) in [6, 6.07) is 9.51. The van der Waals surface area contributed by atoms with E-state index in [0.717, 1.165) is 6.20 Å². The molecule has 0 aliphatic carbocycles. The molecular weight excluding hydrogens is 491 g/mol. The molecule has 1 aromatic carbocycles. The van der Waals surface area contributed by atoms with E-state index in [-0.39, 0.29) is 23.9 Å². The fourth-order valence-corrected chi connectivity index (χ4v) is 4.02. The quantitative estimate of drug-likeness (QED) is 0.383. The molecule has 1 saturated heterocycles. The van der Waals surface area contributed by atoms with Crippen LogP contribution in [0.5, 0.6) is 5.88 Å². The molecule has 36 heavy (non-hydrogen) atoms. The SMILES string of the molecule is N#Cc1cccc(Cl)c1-n1cc2c(O[C@@H](CN3CC(O)C3)C(=O)Nc3ccc(F)cn3)ncnc2n1. The molecule has 4 aromatic rings. The summed E-state index contributed by atoms with van der Waals surface area (Å²) in [5, 5.41) is 26.8. The highest BCUT2D eigenvalue weighted by atomic mass is 35.5. The van der Waals surface area contributed by atoms with Crippen LogP contribution in [0.15, 0.2) is 49.1 Å². The number of carbonyl (C=O) groups is 1. The highest BCUT2D eigenvalue weighted by Gasteiger charge is 2.32. The average molecular weight is 509 g/mol. The number of fused-ring (bicyclic) bond motifs is 1. The van der Waals surface area contributed by atoms with Crippen molar-refractivity contribution < 1.29 is 19.0 Å².